The number of amides is 1. The summed E-state index contributed by atoms with van der Waals surface area (Å²) < 4.78 is 1.93. The fourth-order valence-electron chi connectivity index (χ4n) is 4.39. The van der Waals surface area contributed by atoms with Crippen LogP contribution in [0.15, 0.2) is 61.1 Å². The zero-order valence-corrected chi connectivity index (χ0v) is 19.6. The van der Waals surface area contributed by atoms with Crippen LogP contribution in [0.3, 0.4) is 0 Å². The van der Waals surface area contributed by atoms with E-state index in [1.807, 2.05) is 61.8 Å². The number of Topliss-reactive ketones (excluding diaryl/α,β-unsaturated/α-hetero) is 1. The number of hydrogen-bond donors (Lipinski definition) is 2. The summed E-state index contributed by atoms with van der Waals surface area (Å²) in [4.78, 5) is 33.9. The number of anilines is 2. The van der Waals surface area contributed by atoms with Crippen molar-refractivity contribution in [1.82, 2.24) is 19.7 Å². The van der Waals surface area contributed by atoms with Crippen molar-refractivity contribution in [2.45, 2.75) is 39.0 Å². The van der Waals surface area contributed by atoms with E-state index in [2.05, 4.69) is 21.7 Å². The number of aromatic nitrogens is 3. The predicted molar refractivity (Wildman–Crippen MR) is 133 cm³/mol. The van der Waals surface area contributed by atoms with Gasteiger partial charge in [0.05, 0.1) is 5.69 Å². The molecular weight excluding hydrogens is 426 g/mol. The molecule has 2 aromatic heterocycles. The number of fused-ring (bicyclic) bond motifs is 2. The topological polar surface area (TPSA) is 88.4 Å². The van der Waals surface area contributed by atoms with E-state index >= 15 is 0 Å². The summed E-state index contributed by atoms with van der Waals surface area (Å²) in [5.41, 5.74) is 5.56. The van der Waals surface area contributed by atoms with Crippen LogP contribution in [0.4, 0.5) is 11.5 Å². The van der Waals surface area contributed by atoms with Crippen molar-refractivity contribution in [2.24, 2.45) is 0 Å². The lowest BCUT2D eigenvalue weighted by Crippen LogP contribution is -2.23. The van der Waals surface area contributed by atoms with Gasteiger partial charge in [0.25, 0.3) is 5.91 Å². The molecule has 5 rings (SSSR count). The molecule has 1 aliphatic rings. The molecule has 0 bridgehead atoms. The van der Waals surface area contributed by atoms with Crippen molar-refractivity contribution in [2.75, 3.05) is 11.9 Å². The number of rotatable bonds is 6. The van der Waals surface area contributed by atoms with Gasteiger partial charge in [0.15, 0.2) is 11.5 Å². The van der Waals surface area contributed by atoms with E-state index in [0.29, 0.717) is 30.0 Å². The number of hydrogen-bond acceptors (Lipinski definition) is 5. The van der Waals surface area contributed by atoms with Crippen molar-refractivity contribution in [3.8, 4) is 11.3 Å². The molecule has 2 heterocycles. The third-order valence-electron chi connectivity index (χ3n) is 6.44. The summed E-state index contributed by atoms with van der Waals surface area (Å²) in [6, 6.07) is 13.4. The molecule has 4 aromatic rings. The molecule has 2 N–H and O–H groups in total. The minimum Gasteiger partial charge on any atom is -0.352 e. The van der Waals surface area contributed by atoms with Crippen molar-refractivity contribution < 1.29 is 9.59 Å². The van der Waals surface area contributed by atoms with Gasteiger partial charge in [-0.25, -0.2) is 9.97 Å². The largest absolute Gasteiger partial charge is 0.352 e. The lowest BCUT2D eigenvalue weighted by atomic mass is 9.85. The van der Waals surface area contributed by atoms with E-state index in [4.69, 9.17) is 4.98 Å². The Kier molecular flexibility index (Phi) is 5.40. The third-order valence-corrected chi connectivity index (χ3v) is 6.44. The van der Waals surface area contributed by atoms with E-state index in [-0.39, 0.29) is 11.7 Å². The molecule has 172 valence electrons. The normalized spacial score (nSPS) is 14.3. The lowest BCUT2D eigenvalue weighted by Gasteiger charge is -2.17. The molecule has 0 aliphatic heterocycles. The van der Waals surface area contributed by atoms with Gasteiger partial charge >= 0.3 is 0 Å². The number of carbonyl (C=O) groups excluding carboxylic acids is 2. The Hall–Kier alpha value is -4.00. The Labute approximate surface area is 198 Å². The molecule has 0 saturated heterocycles. The molecule has 0 fully saturated rings. The van der Waals surface area contributed by atoms with E-state index in [0.717, 1.165) is 34.5 Å². The SMILES string of the molecule is CCCNC(=O)c1ccc(Nc2nc(-c3ccc4c(c3)CC(=O)C4(C)C)cn3ccnc23)cc1. The van der Waals surface area contributed by atoms with Crippen molar-refractivity contribution in [1.29, 1.82) is 0 Å². The third kappa shape index (κ3) is 3.83. The average molecular weight is 454 g/mol. The molecule has 0 saturated carbocycles. The second-order valence-electron chi connectivity index (χ2n) is 9.19. The first-order chi connectivity index (χ1) is 16.4. The van der Waals surface area contributed by atoms with E-state index < -0.39 is 5.41 Å². The Morgan fingerprint density at radius 2 is 1.94 bits per heavy atom. The molecule has 1 aliphatic carbocycles. The van der Waals surface area contributed by atoms with E-state index in [1.165, 1.54) is 0 Å². The zero-order chi connectivity index (χ0) is 23.9. The number of ketones is 1. The summed E-state index contributed by atoms with van der Waals surface area (Å²) in [5.74, 6) is 0.775. The first kappa shape index (κ1) is 21.8. The van der Waals surface area contributed by atoms with Crippen LogP contribution in [0.2, 0.25) is 0 Å². The van der Waals surface area contributed by atoms with Crippen LogP contribution in [0.25, 0.3) is 16.9 Å². The number of benzene rings is 2. The van der Waals surface area contributed by atoms with Crippen molar-refractivity contribution >= 4 is 28.8 Å². The molecule has 34 heavy (non-hydrogen) atoms. The molecule has 2 aromatic carbocycles. The summed E-state index contributed by atoms with van der Waals surface area (Å²) in [6.07, 6.45) is 6.90. The monoisotopic (exact) mass is 453 g/mol. The molecule has 7 nitrogen and oxygen atoms in total. The van der Waals surface area contributed by atoms with Crippen molar-refractivity contribution in [3.63, 3.8) is 0 Å². The van der Waals surface area contributed by atoms with Gasteiger partial charge in [0.2, 0.25) is 0 Å². The quantitative estimate of drug-likeness (QED) is 0.442. The molecule has 0 radical (unpaired) electrons. The van der Waals surface area contributed by atoms with Gasteiger partial charge in [-0.3, -0.25) is 9.59 Å². The second kappa shape index (κ2) is 8.41. The first-order valence-electron chi connectivity index (χ1n) is 11.5. The Morgan fingerprint density at radius 1 is 1.15 bits per heavy atom. The number of nitrogens with one attached hydrogen (secondary N) is 2. The molecule has 7 heteroatoms. The standard InChI is InChI=1S/C27H27N5O2/c1-4-11-29-26(34)17-5-8-20(9-6-17)30-24-25-28-12-13-32(25)16-22(31-24)18-7-10-21-19(14-18)15-23(33)27(21,2)3/h5-10,12-14,16H,4,11,15H2,1-3H3,(H,29,34)(H,30,31). The molecule has 1 amide bonds. The summed E-state index contributed by atoms with van der Waals surface area (Å²) >= 11 is 0. The van der Waals surface area contributed by atoms with Crippen LogP contribution >= 0.6 is 0 Å². The van der Waals surface area contributed by atoms with Crippen LogP contribution in [-0.2, 0) is 16.6 Å². The zero-order valence-electron chi connectivity index (χ0n) is 19.6. The highest BCUT2D eigenvalue weighted by Crippen LogP contribution is 2.37. The highest BCUT2D eigenvalue weighted by Gasteiger charge is 2.37. The van der Waals surface area contributed by atoms with Gasteiger partial charge in [-0.15, -0.1) is 0 Å². The van der Waals surface area contributed by atoms with Crippen LogP contribution < -0.4 is 10.6 Å². The van der Waals surface area contributed by atoms with Crippen LogP contribution in [0.5, 0.6) is 0 Å². The highest BCUT2D eigenvalue weighted by atomic mass is 16.1. The summed E-state index contributed by atoms with van der Waals surface area (Å²) in [6.45, 7) is 6.64. The fourth-order valence-corrected chi connectivity index (χ4v) is 4.39. The van der Waals surface area contributed by atoms with Gasteiger partial charge < -0.3 is 15.0 Å². The highest BCUT2D eigenvalue weighted by molar-refractivity contribution is 5.96. The van der Waals surface area contributed by atoms with E-state index in [9.17, 15) is 9.59 Å². The number of carbonyl (C=O) groups is 2. The first-order valence-corrected chi connectivity index (χ1v) is 11.5. The molecule has 0 spiro atoms. The Balaban J connectivity index is 1.46. The second-order valence-corrected chi connectivity index (χ2v) is 9.19. The van der Waals surface area contributed by atoms with Gasteiger partial charge in [-0.1, -0.05) is 19.1 Å². The van der Waals surface area contributed by atoms with Crippen LogP contribution in [-0.4, -0.2) is 32.6 Å². The Morgan fingerprint density at radius 3 is 2.71 bits per heavy atom. The maximum atomic E-state index is 12.5. The van der Waals surface area contributed by atoms with Crippen LogP contribution in [0.1, 0.15) is 48.7 Å². The molecule has 0 atom stereocenters. The number of imidazole rings is 1. The average Bonchev–Trinajstić information content (AvgIpc) is 3.40. The molecular formula is C27H27N5O2. The fraction of sp³-hybridized carbons (Fsp3) is 0.259. The molecule has 0 unspecified atom stereocenters. The minimum atomic E-state index is -0.443. The summed E-state index contributed by atoms with van der Waals surface area (Å²) in [5, 5.41) is 6.23. The summed E-state index contributed by atoms with van der Waals surface area (Å²) in [7, 11) is 0. The van der Waals surface area contributed by atoms with Gasteiger partial charge in [-0.2, -0.15) is 0 Å². The Bertz CT molecular complexity index is 1400. The smallest absolute Gasteiger partial charge is 0.251 e. The predicted octanol–water partition coefficient (Wildman–Crippen LogP) is 4.68. The maximum absolute atomic E-state index is 12.5. The lowest BCUT2D eigenvalue weighted by molar-refractivity contribution is -0.121. The maximum Gasteiger partial charge on any atom is 0.251 e. The van der Waals surface area contributed by atoms with E-state index in [1.54, 1.807) is 18.3 Å². The van der Waals surface area contributed by atoms with Gasteiger partial charge in [-0.05, 0) is 61.7 Å². The van der Waals surface area contributed by atoms with Crippen molar-refractivity contribution in [3.05, 3.63) is 77.7 Å². The minimum absolute atomic E-state index is 0.0811. The van der Waals surface area contributed by atoms with Gasteiger partial charge in [0, 0.05) is 53.8 Å². The number of nitrogens with zero attached hydrogens (tertiary/aromatic N) is 3. The van der Waals surface area contributed by atoms with Crippen LogP contribution in [0, 0.1) is 0 Å². The van der Waals surface area contributed by atoms with Gasteiger partial charge in [0.1, 0.15) is 5.78 Å².